The lowest BCUT2D eigenvalue weighted by atomic mass is 10.1. The molecule has 1 aromatic heterocycles. The summed E-state index contributed by atoms with van der Waals surface area (Å²) in [6, 6.07) is 8.26. The fourth-order valence-corrected chi connectivity index (χ4v) is 1.86. The van der Waals surface area contributed by atoms with Gasteiger partial charge in [0.05, 0.1) is 0 Å². The molecule has 0 aliphatic heterocycles. The van der Waals surface area contributed by atoms with Gasteiger partial charge >= 0.3 is 0 Å². The first-order chi connectivity index (χ1) is 8.61. The molecule has 3 nitrogen and oxygen atoms in total. The van der Waals surface area contributed by atoms with Gasteiger partial charge in [-0.3, -0.25) is 0 Å². The molecule has 0 fully saturated rings. The van der Waals surface area contributed by atoms with E-state index in [2.05, 4.69) is 60.3 Å². The van der Waals surface area contributed by atoms with E-state index in [1.54, 1.807) is 0 Å². The number of rotatable bonds is 3. The minimum Gasteiger partial charge on any atom is -0.373 e. The van der Waals surface area contributed by atoms with Crippen molar-refractivity contribution in [2.75, 3.05) is 12.4 Å². The Kier molecular flexibility index (Phi) is 3.60. The molecule has 0 amide bonds. The van der Waals surface area contributed by atoms with E-state index < -0.39 is 0 Å². The molecular formula is C15H19N3. The minimum atomic E-state index is 0.416. The fraction of sp³-hybridized carbons (Fsp3) is 0.333. The van der Waals surface area contributed by atoms with E-state index in [9.17, 15) is 0 Å². The van der Waals surface area contributed by atoms with E-state index in [-0.39, 0.29) is 0 Å². The summed E-state index contributed by atoms with van der Waals surface area (Å²) in [5.74, 6) is 2.10. The zero-order valence-electron chi connectivity index (χ0n) is 11.4. The third kappa shape index (κ3) is 2.50. The summed E-state index contributed by atoms with van der Waals surface area (Å²) in [4.78, 5) is 9.05. The Morgan fingerprint density at radius 2 is 1.78 bits per heavy atom. The van der Waals surface area contributed by atoms with Crippen LogP contribution in [0.15, 0.2) is 30.5 Å². The second kappa shape index (κ2) is 5.17. The monoisotopic (exact) mass is 241 g/mol. The number of benzene rings is 1. The van der Waals surface area contributed by atoms with E-state index in [0.717, 1.165) is 22.8 Å². The van der Waals surface area contributed by atoms with Crippen molar-refractivity contribution in [1.82, 2.24) is 9.97 Å². The molecule has 94 valence electrons. The smallest absolute Gasteiger partial charge is 0.161 e. The number of nitrogens with one attached hydrogen (secondary N) is 1. The van der Waals surface area contributed by atoms with Gasteiger partial charge < -0.3 is 5.32 Å². The van der Waals surface area contributed by atoms with Gasteiger partial charge in [-0.25, -0.2) is 9.97 Å². The van der Waals surface area contributed by atoms with Crippen molar-refractivity contribution in [3.63, 3.8) is 0 Å². The maximum absolute atomic E-state index is 4.59. The lowest BCUT2D eigenvalue weighted by Gasteiger charge is -2.12. The second-order valence-corrected chi connectivity index (χ2v) is 4.77. The number of aromatic nitrogens is 2. The molecule has 3 heteroatoms. The van der Waals surface area contributed by atoms with E-state index >= 15 is 0 Å². The van der Waals surface area contributed by atoms with Crippen LogP contribution in [0.2, 0.25) is 0 Å². The van der Waals surface area contributed by atoms with Crippen LogP contribution in [0, 0.1) is 6.92 Å². The van der Waals surface area contributed by atoms with Crippen LogP contribution in [0.5, 0.6) is 0 Å². The molecule has 2 rings (SSSR count). The largest absolute Gasteiger partial charge is 0.373 e. The fourth-order valence-electron chi connectivity index (χ4n) is 1.86. The first-order valence-electron chi connectivity index (χ1n) is 6.23. The molecule has 0 bridgehead atoms. The van der Waals surface area contributed by atoms with Gasteiger partial charge in [0.2, 0.25) is 0 Å². The van der Waals surface area contributed by atoms with Gasteiger partial charge in [-0.1, -0.05) is 43.7 Å². The average Bonchev–Trinajstić information content (AvgIpc) is 2.38. The van der Waals surface area contributed by atoms with Crippen LogP contribution >= 0.6 is 0 Å². The molecule has 1 heterocycles. The Hall–Kier alpha value is -1.90. The number of nitrogens with zero attached hydrogens (tertiary/aromatic N) is 2. The van der Waals surface area contributed by atoms with Crippen molar-refractivity contribution in [3.05, 3.63) is 41.6 Å². The maximum Gasteiger partial charge on any atom is 0.161 e. The molecule has 0 saturated heterocycles. The van der Waals surface area contributed by atoms with Crippen LogP contribution in [-0.2, 0) is 0 Å². The quantitative estimate of drug-likeness (QED) is 0.892. The van der Waals surface area contributed by atoms with Crippen molar-refractivity contribution in [2.24, 2.45) is 0 Å². The molecule has 0 saturated carbocycles. The van der Waals surface area contributed by atoms with Crippen molar-refractivity contribution < 1.29 is 0 Å². The highest BCUT2D eigenvalue weighted by Crippen LogP contribution is 2.24. The van der Waals surface area contributed by atoms with Crippen LogP contribution in [0.1, 0.15) is 30.9 Å². The molecule has 0 aliphatic carbocycles. The highest BCUT2D eigenvalue weighted by molar-refractivity contribution is 5.59. The SMILES string of the molecule is CNc1nc(-c2ccc(C)cc2)ncc1C(C)C. The number of aryl methyl sites for hydroxylation is 1. The Bertz CT molecular complexity index is 530. The summed E-state index contributed by atoms with van der Waals surface area (Å²) in [7, 11) is 1.90. The molecule has 0 atom stereocenters. The second-order valence-electron chi connectivity index (χ2n) is 4.77. The summed E-state index contributed by atoms with van der Waals surface area (Å²) in [6.45, 7) is 6.36. The van der Waals surface area contributed by atoms with Crippen LogP contribution in [0.4, 0.5) is 5.82 Å². The van der Waals surface area contributed by atoms with E-state index in [0.29, 0.717) is 5.92 Å². The van der Waals surface area contributed by atoms with Gasteiger partial charge in [0, 0.05) is 24.4 Å². The van der Waals surface area contributed by atoms with Gasteiger partial charge in [0.15, 0.2) is 5.82 Å². The molecule has 0 spiro atoms. The van der Waals surface area contributed by atoms with E-state index in [4.69, 9.17) is 0 Å². The predicted octanol–water partition coefficient (Wildman–Crippen LogP) is 3.62. The number of anilines is 1. The average molecular weight is 241 g/mol. The number of hydrogen-bond donors (Lipinski definition) is 1. The molecule has 0 radical (unpaired) electrons. The molecule has 0 aliphatic rings. The van der Waals surface area contributed by atoms with Crippen molar-refractivity contribution in [1.29, 1.82) is 0 Å². The van der Waals surface area contributed by atoms with Crippen LogP contribution < -0.4 is 5.32 Å². The molecule has 18 heavy (non-hydrogen) atoms. The molecule has 1 N–H and O–H groups in total. The highest BCUT2D eigenvalue weighted by Gasteiger charge is 2.10. The zero-order chi connectivity index (χ0) is 13.1. The molecule has 1 aromatic carbocycles. The first-order valence-corrected chi connectivity index (χ1v) is 6.23. The van der Waals surface area contributed by atoms with Gasteiger partial charge in [0.25, 0.3) is 0 Å². The standard InChI is InChI=1S/C15H19N3/c1-10(2)13-9-17-14(18-15(13)16-4)12-7-5-11(3)6-8-12/h5-10H,1-4H3,(H,16,17,18). The van der Waals surface area contributed by atoms with E-state index in [1.807, 2.05) is 13.2 Å². The highest BCUT2D eigenvalue weighted by atomic mass is 15.0. The summed E-state index contributed by atoms with van der Waals surface area (Å²) >= 11 is 0. The normalized spacial score (nSPS) is 10.7. The Morgan fingerprint density at radius 3 is 2.33 bits per heavy atom. The van der Waals surface area contributed by atoms with Crippen LogP contribution in [-0.4, -0.2) is 17.0 Å². The summed E-state index contributed by atoms with van der Waals surface area (Å²) in [6.07, 6.45) is 1.92. The number of hydrogen-bond acceptors (Lipinski definition) is 3. The van der Waals surface area contributed by atoms with Gasteiger partial charge in [-0.15, -0.1) is 0 Å². The van der Waals surface area contributed by atoms with Crippen LogP contribution in [0.25, 0.3) is 11.4 Å². The maximum atomic E-state index is 4.59. The van der Waals surface area contributed by atoms with Crippen LogP contribution in [0.3, 0.4) is 0 Å². The van der Waals surface area contributed by atoms with Crippen molar-refractivity contribution >= 4 is 5.82 Å². The molecular weight excluding hydrogens is 222 g/mol. The zero-order valence-corrected chi connectivity index (χ0v) is 11.4. The van der Waals surface area contributed by atoms with Gasteiger partial charge in [-0.05, 0) is 12.8 Å². The Labute approximate surface area is 108 Å². The summed E-state index contributed by atoms with van der Waals surface area (Å²) in [5, 5.41) is 3.15. The predicted molar refractivity (Wildman–Crippen MR) is 75.8 cm³/mol. The Morgan fingerprint density at radius 1 is 1.11 bits per heavy atom. The van der Waals surface area contributed by atoms with Crippen molar-refractivity contribution in [3.8, 4) is 11.4 Å². The lowest BCUT2D eigenvalue weighted by molar-refractivity contribution is 0.850. The topological polar surface area (TPSA) is 37.8 Å². The third-order valence-corrected chi connectivity index (χ3v) is 2.99. The van der Waals surface area contributed by atoms with Crippen molar-refractivity contribution in [2.45, 2.75) is 26.7 Å². The van der Waals surface area contributed by atoms with Gasteiger partial charge in [-0.2, -0.15) is 0 Å². The van der Waals surface area contributed by atoms with E-state index in [1.165, 1.54) is 5.56 Å². The molecule has 0 unspecified atom stereocenters. The third-order valence-electron chi connectivity index (χ3n) is 2.99. The van der Waals surface area contributed by atoms with Gasteiger partial charge in [0.1, 0.15) is 5.82 Å². The molecule has 2 aromatic rings. The summed E-state index contributed by atoms with van der Waals surface area (Å²) < 4.78 is 0. The Balaban J connectivity index is 2.44. The first kappa shape index (κ1) is 12.6. The minimum absolute atomic E-state index is 0.416. The summed E-state index contributed by atoms with van der Waals surface area (Å²) in [5.41, 5.74) is 3.44. The lowest BCUT2D eigenvalue weighted by Crippen LogP contribution is -2.03.